The second-order valence-electron chi connectivity index (χ2n) is 9.90. The van der Waals surface area contributed by atoms with E-state index in [1.807, 2.05) is 18.3 Å². The van der Waals surface area contributed by atoms with E-state index in [9.17, 15) is 5.11 Å². The minimum Gasteiger partial charge on any atom is -0.374 e. The van der Waals surface area contributed by atoms with Crippen LogP contribution in [0, 0.1) is 0 Å². The fraction of sp³-hybridized carbons (Fsp3) is 0.345. The van der Waals surface area contributed by atoms with Gasteiger partial charge in [-0.2, -0.15) is 5.10 Å². The molecule has 6 rings (SSSR count). The summed E-state index contributed by atoms with van der Waals surface area (Å²) >= 11 is 0. The van der Waals surface area contributed by atoms with E-state index in [4.69, 9.17) is 4.98 Å². The van der Waals surface area contributed by atoms with Crippen LogP contribution in [0.2, 0.25) is 0 Å². The molecule has 8 heteroatoms. The van der Waals surface area contributed by atoms with Crippen molar-refractivity contribution in [2.75, 3.05) is 23.3 Å². The number of benzene rings is 2. The largest absolute Gasteiger partial charge is 0.374 e. The number of para-hydroxylation sites is 1. The maximum absolute atomic E-state index is 10.3. The summed E-state index contributed by atoms with van der Waals surface area (Å²) in [7, 11) is 0. The Hall–Kier alpha value is -3.91. The number of H-pyrrole nitrogens is 2. The van der Waals surface area contributed by atoms with Gasteiger partial charge in [0.05, 0.1) is 28.6 Å². The maximum Gasteiger partial charge on any atom is 0.159 e. The van der Waals surface area contributed by atoms with Crippen LogP contribution in [0.25, 0.3) is 44.6 Å². The molecular weight excluding hydrogens is 462 g/mol. The molecular formula is C29H33N7O. The molecule has 8 nitrogen and oxygen atoms in total. The number of anilines is 2. The van der Waals surface area contributed by atoms with Crippen LogP contribution in [0.3, 0.4) is 0 Å². The minimum absolute atomic E-state index is 0.581. The summed E-state index contributed by atoms with van der Waals surface area (Å²) in [5.74, 6) is 0.760. The van der Waals surface area contributed by atoms with Crippen molar-refractivity contribution in [3.63, 3.8) is 0 Å². The van der Waals surface area contributed by atoms with Crippen molar-refractivity contribution in [2.45, 2.75) is 51.7 Å². The number of nitrogens with zero attached hydrogens (tertiary/aromatic N) is 4. The van der Waals surface area contributed by atoms with E-state index in [-0.39, 0.29) is 0 Å². The predicted molar refractivity (Wildman–Crippen MR) is 150 cm³/mol. The Bertz CT molecular complexity index is 1520. The third kappa shape index (κ3) is 4.76. The van der Waals surface area contributed by atoms with E-state index in [0.29, 0.717) is 6.42 Å². The second kappa shape index (κ2) is 10.2. The molecule has 3 aromatic heterocycles. The predicted octanol–water partition coefficient (Wildman–Crippen LogP) is 6.08. The van der Waals surface area contributed by atoms with Gasteiger partial charge in [-0.1, -0.05) is 25.5 Å². The SMILES string of the molecule is CCCCC(O)Nc1cncc(-c2ccc3[nH]nc(-c4nc5c(N6CCCCC6)cccc5[nH]4)c3c2)c1. The van der Waals surface area contributed by atoms with Gasteiger partial charge in [0.25, 0.3) is 0 Å². The highest BCUT2D eigenvalue weighted by atomic mass is 16.3. The van der Waals surface area contributed by atoms with Crippen molar-refractivity contribution in [3.05, 3.63) is 54.9 Å². The van der Waals surface area contributed by atoms with Gasteiger partial charge in [-0.25, -0.2) is 4.98 Å². The topological polar surface area (TPSA) is 106 Å². The lowest BCUT2D eigenvalue weighted by Crippen LogP contribution is -2.29. The minimum atomic E-state index is -0.581. The normalized spacial score (nSPS) is 14.9. The molecule has 1 aliphatic rings. The van der Waals surface area contributed by atoms with E-state index in [1.54, 1.807) is 6.20 Å². The van der Waals surface area contributed by atoms with Gasteiger partial charge in [0.2, 0.25) is 0 Å². The van der Waals surface area contributed by atoms with Gasteiger partial charge in [-0.05, 0) is 68.0 Å². The highest BCUT2D eigenvalue weighted by Crippen LogP contribution is 2.33. The molecule has 1 fully saturated rings. The number of rotatable bonds is 8. The zero-order valence-corrected chi connectivity index (χ0v) is 21.2. The fourth-order valence-corrected chi connectivity index (χ4v) is 5.23. The van der Waals surface area contributed by atoms with Crippen molar-refractivity contribution in [2.24, 2.45) is 0 Å². The lowest BCUT2D eigenvalue weighted by Gasteiger charge is -2.28. The number of piperidine rings is 1. The summed E-state index contributed by atoms with van der Waals surface area (Å²) in [5.41, 5.74) is 7.76. The number of hydrogen-bond acceptors (Lipinski definition) is 6. The Balaban J connectivity index is 1.33. The smallest absolute Gasteiger partial charge is 0.159 e. The Morgan fingerprint density at radius 3 is 2.78 bits per heavy atom. The first-order valence-electron chi connectivity index (χ1n) is 13.3. The van der Waals surface area contributed by atoms with Crippen LogP contribution in [-0.2, 0) is 0 Å². The van der Waals surface area contributed by atoms with E-state index >= 15 is 0 Å². The van der Waals surface area contributed by atoms with Gasteiger partial charge in [-0.3, -0.25) is 10.1 Å². The molecule has 4 heterocycles. The van der Waals surface area contributed by atoms with Gasteiger partial charge in [0, 0.05) is 30.2 Å². The van der Waals surface area contributed by atoms with Crippen LogP contribution >= 0.6 is 0 Å². The van der Waals surface area contributed by atoms with Crippen molar-refractivity contribution in [1.82, 2.24) is 25.1 Å². The molecule has 1 saturated heterocycles. The third-order valence-electron chi connectivity index (χ3n) is 7.21. The van der Waals surface area contributed by atoms with Crippen molar-refractivity contribution < 1.29 is 5.11 Å². The first-order valence-corrected chi connectivity index (χ1v) is 13.3. The zero-order valence-electron chi connectivity index (χ0n) is 21.2. The van der Waals surface area contributed by atoms with Crippen molar-refractivity contribution in [3.8, 4) is 22.6 Å². The average molecular weight is 496 g/mol. The van der Waals surface area contributed by atoms with Crippen LogP contribution < -0.4 is 10.2 Å². The molecule has 4 N–H and O–H groups in total. The van der Waals surface area contributed by atoms with E-state index in [0.717, 1.165) is 76.2 Å². The summed E-state index contributed by atoms with van der Waals surface area (Å²) in [6.07, 6.45) is 9.49. The van der Waals surface area contributed by atoms with Gasteiger partial charge >= 0.3 is 0 Å². The summed E-state index contributed by atoms with van der Waals surface area (Å²) in [6, 6.07) is 14.6. The van der Waals surface area contributed by atoms with Gasteiger partial charge in [0.15, 0.2) is 5.82 Å². The number of hydrogen-bond donors (Lipinski definition) is 4. The van der Waals surface area contributed by atoms with Crippen molar-refractivity contribution in [1.29, 1.82) is 0 Å². The number of unbranched alkanes of at least 4 members (excludes halogenated alkanes) is 1. The molecule has 1 aliphatic heterocycles. The summed E-state index contributed by atoms with van der Waals surface area (Å²) in [4.78, 5) is 15.4. The molecule has 190 valence electrons. The Morgan fingerprint density at radius 2 is 1.92 bits per heavy atom. The number of nitrogens with one attached hydrogen (secondary N) is 3. The summed E-state index contributed by atoms with van der Waals surface area (Å²) in [6.45, 7) is 4.27. The quantitative estimate of drug-likeness (QED) is 0.194. The molecule has 5 aromatic rings. The lowest BCUT2D eigenvalue weighted by molar-refractivity contribution is 0.190. The lowest BCUT2D eigenvalue weighted by atomic mass is 10.0. The Morgan fingerprint density at radius 1 is 1.03 bits per heavy atom. The number of aromatic amines is 2. The molecule has 1 atom stereocenters. The number of fused-ring (bicyclic) bond motifs is 2. The number of imidazole rings is 1. The summed E-state index contributed by atoms with van der Waals surface area (Å²) in [5, 5.41) is 22.2. The number of aliphatic hydroxyl groups is 1. The highest BCUT2D eigenvalue weighted by molar-refractivity contribution is 5.97. The molecule has 0 amide bonds. The second-order valence-corrected chi connectivity index (χ2v) is 9.90. The van der Waals surface area contributed by atoms with Gasteiger partial charge in [-0.15, -0.1) is 0 Å². The van der Waals surface area contributed by atoms with Crippen LogP contribution in [0.4, 0.5) is 11.4 Å². The van der Waals surface area contributed by atoms with E-state index in [2.05, 4.69) is 67.6 Å². The van der Waals surface area contributed by atoms with Crippen LogP contribution in [0.5, 0.6) is 0 Å². The first-order chi connectivity index (χ1) is 18.2. The molecule has 0 bridgehead atoms. The van der Waals surface area contributed by atoms with Crippen LogP contribution in [0.15, 0.2) is 54.9 Å². The standard InChI is InChI=1S/C29H33N7O/c1-2-3-10-26(37)31-21-15-20(17-30-18-21)19-11-12-23-22(16-19)27(35-34-23)29-32-24-8-7-9-25(28(24)33-29)36-13-5-4-6-14-36/h7-9,11-12,15-18,26,31,37H,2-6,10,13-14H2,1H3,(H,32,33)(H,34,35). The average Bonchev–Trinajstić information content (AvgIpc) is 3.56. The first kappa shape index (κ1) is 23.5. The molecule has 37 heavy (non-hydrogen) atoms. The Labute approximate surface area is 216 Å². The van der Waals surface area contributed by atoms with Gasteiger partial charge < -0.3 is 20.3 Å². The fourth-order valence-electron chi connectivity index (χ4n) is 5.23. The van der Waals surface area contributed by atoms with Crippen molar-refractivity contribution >= 4 is 33.3 Å². The molecule has 0 aliphatic carbocycles. The van der Waals surface area contributed by atoms with Crippen LogP contribution in [-0.4, -0.2) is 49.6 Å². The zero-order chi connectivity index (χ0) is 25.2. The summed E-state index contributed by atoms with van der Waals surface area (Å²) < 4.78 is 0. The number of pyridine rings is 1. The molecule has 0 radical (unpaired) electrons. The molecule has 0 saturated carbocycles. The molecule has 2 aromatic carbocycles. The van der Waals surface area contributed by atoms with E-state index in [1.165, 1.54) is 24.9 Å². The Kier molecular flexibility index (Phi) is 6.49. The van der Waals surface area contributed by atoms with E-state index < -0.39 is 6.23 Å². The monoisotopic (exact) mass is 495 g/mol. The third-order valence-corrected chi connectivity index (χ3v) is 7.21. The maximum atomic E-state index is 10.3. The molecule has 0 spiro atoms. The highest BCUT2D eigenvalue weighted by Gasteiger charge is 2.19. The van der Waals surface area contributed by atoms with Gasteiger partial charge in [0.1, 0.15) is 17.4 Å². The number of aliphatic hydroxyl groups excluding tert-OH is 1. The van der Waals surface area contributed by atoms with Crippen LogP contribution in [0.1, 0.15) is 45.4 Å². The number of aromatic nitrogens is 5. The molecule has 1 unspecified atom stereocenters.